The van der Waals surface area contributed by atoms with Crippen LogP contribution in [0, 0.1) is 20.8 Å². The Morgan fingerprint density at radius 1 is 0.952 bits per heavy atom. The smallest absolute Gasteiger partial charge is 0.0543 e. The van der Waals surface area contributed by atoms with Crippen LogP contribution >= 0.6 is 0 Å². The number of nitrogens with two attached hydrogens (primary N) is 1. The summed E-state index contributed by atoms with van der Waals surface area (Å²) in [7, 11) is 0. The van der Waals surface area contributed by atoms with E-state index < -0.39 is 5.41 Å². The van der Waals surface area contributed by atoms with E-state index in [9.17, 15) is 5.11 Å². The van der Waals surface area contributed by atoms with E-state index in [0.717, 1.165) is 12.0 Å². The normalized spacial score (nSPS) is 14.0. The van der Waals surface area contributed by atoms with Gasteiger partial charge < -0.3 is 10.8 Å². The van der Waals surface area contributed by atoms with Crippen LogP contribution in [0.1, 0.15) is 27.8 Å². The van der Waals surface area contributed by atoms with E-state index in [-0.39, 0.29) is 6.61 Å². The number of aryl methyl sites for hydroxylation is 3. The fourth-order valence-corrected chi connectivity index (χ4v) is 2.88. The van der Waals surface area contributed by atoms with E-state index in [1.54, 1.807) is 0 Å². The molecule has 1 atom stereocenters. The number of aliphatic hydroxyl groups is 1. The summed E-state index contributed by atoms with van der Waals surface area (Å²) in [6, 6.07) is 14.7. The molecule has 112 valence electrons. The Labute approximate surface area is 127 Å². The standard InChI is InChI=1S/C19H25NO/c1-14-7-9-17(10-8-14)19(12-20,13-21)11-18-15(2)5-4-6-16(18)3/h4-10,21H,11-13,20H2,1-3H3. The van der Waals surface area contributed by atoms with Crippen molar-refractivity contribution in [3.8, 4) is 0 Å². The number of hydrogen-bond donors (Lipinski definition) is 2. The molecule has 2 heteroatoms. The van der Waals surface area contributed by atoms with Gasteiger partial charge in [-0.3, -0.25) is 0 Å². The lowest BCUT2D eigenvalue weighted by Gasteiger charge is -2.32. The number of hydrogen-bond acceptors (Lipinski definition) is 2. The van der Waals surface area contributed by atoms with Crippen LogP contribution in [-0.4, -0.2) is 18.3 Å². The van der Waals surface area contributed by atoms with Crippen LogP contribution in [-0.2, 0) is 11.8 Å². The molecule has 0 aliphatic carbocycles. The quantitative estimate of drug-likeness (QED) is 0.886. The lowest BCUT2D eigenvalue weighted by atomic mass is 9.74. The minimum atomic E-state index is -0.412. The average molecular weight is 283 g/mol. The van der Waals surface area contributed by atoms with Gasteiger partial charge in [-0.25, -0.2) is 0 Å². The van der Waals surface area contributed by atoms with Gasteiger partial charge in [0.2, 0.25) is 0 Å². The molecule has 0 aliphatic heterocycles. The first-order valence-corrected chi connectivity index (χ1v) is 7.45. The fourth-order valence-electron chi connectivity index (χ4n) is 2.88. The van der Waals surface area contributed by atoms with Crippen molar-refractivity contribution < 1.29 is 5.11 Å². The summed E-state index contributed by atoms with van der Waals surface area (Å²) >= 11 is 0. The maximum Gasteiger partial charge on any atom is 0.0543 e. The molecule has 0 heterocycles. The molecule has 1 unspecified atom stereocenters. The fraction of sp³-hybridized carbons (Fsp3) is 0.368. The highest BCUT2D eigenvalue weighted by atomic mass is 16.3. The Kier molecular flexibility index (Phi) is 4.81. The molecule has 0 spiro atoms. The van der Waals surface area contributed by atoms with E-state index in [2.05, 4.69) is 63.2 Å². The molecule has 21 heavy (non-hydrogen) atoms. The van der Waals surface area contributed by atoms with Crippen LogP contribution in [0.3, 0.4) is 0 Å². The average Bonchev–Trinajstić information content (AvgIpc) is 2.49. The number of benzene rings is 2. The first-order valence-electron chi connectivity index (χ1n) is 7.45. The van der Waals surface area contributed by atoms with Crippen LogP contribution in [0.2, 0.25) is 0 Å². The zero-order valence-electron chi connectivity index (χ0n) is 13.2. The third kappa shape index (κ3) is 3.17. The van der Waals surface area contributed by atoms with Crippen molar-refractivity contribution >= 4 is 0 Å². The first-order chi connectivity index (χ1) is 10.0. The summed E-state index contributed by atoms with van der Waals surface area (Å²) < 4.78 is 0. The van der Waals surface area contributed by atoms with E-state index in [1.165, 1.54) is 22.3 Å². The van der Waals surface area contributed by atoms with Crippen LogP contribution in [0.25, 0.3) is 0 Å². The van der Waals surface area contributed by atoms with Crippen molar-refractivity contribution in [1.29, 1.82) is 0 Å². The Balaban J connectivity index is 2.45. The van der Waals surface area contributed by atoms with Crippen molar-refractivity contribution in [2.24, 2.45) is 5.73 Å². The van der Waals surface area contributed by atoms with Crippen molar-refractivity contribution in [2.45, 2.75) is 32.6 Å². The molecular weight excluding hydrogens is 258 g/mol. The minimum absolute atomic E-state index is 0.0559. The van der Waals surface area contributed by atoms with Crippen molar-refractivity contribution in [3.63, 3.8) is 0 Å². The van der Waals surface area contributed by atoms with E-state index >= 15 is 0 Å². The topological polar surface area (TPSA) is 46.2 Å². The van der Waals surface area contributed by atoms with Gasteiger partial charge >= 0.3 is 0 Å². The van der Waals surface area contributed by atoms with Gasteiger partial charge in [-0.05, 0) is 49.4 Å². The van der Waals surface area contributed by atoms with Gasteiger partial charge in [-0.1, -0.05) is 48.0 Å². The first kappa shape index (κ1) is 15.7. The Morgan fingerprint density at radius 2 is 1.52 bits per heavy atom. The van der Waals surface area contributed by atoms with Gasteiger partial charge in [0, 0.05) is 12.0 Å². The van der Waals surface area contributed by atoms with E-state index in [4.69, 9.17) is 5.73 Å². The van der Waals surface area contributed by atoms with Gasteiger partial charge in [0.05, 0.1) is 6.61 Å². The number of rotatable bonds is 5. The van der Waals surface area contributed by atoms with Crippen molar-refractivity contribution in [2.75, 3.05) is 13.2 Å². The predicted octanol–water partition coefficient (Wildman–Crippen LogP) is 3.04. The molecule has 2 aromatic carbocycles. The van der Waals surface area contributed by atoms with Crippen LogP contribution in [0.5, 0.6) is 0 Å². The van der Waals surface area contributed by atoms with Gasteiger partial charge in [0.1, 0.15) is 0 Å². The Hall–Kier alpha value is -1.64. The zero-order chi connectivity index (χ0) is 15.5. The van der Waals surface area contributed by atoms with Crippen molar-refractivity contribution in [3.05, 3.63) is 70.3 Å². The third-order valence-corrected chi connectivity index (χ3v) is 4.52. The lowest BCUT2D eigenvalue weighted by Crippen LogP contribution is -2.41. The summed E-state index contributed by atoms with van der Waals surface area (Å²) in [5, 5.41) is 10.1. The Bertz CT molecular complexity index is 577. The summed E-state index contributed by atoms with van der Waals surface area (Å²) in [5.41, 5.74) is 11.8. The molecule has 0 fully saturated rings. The third-order valence-electron chi connectivity index (χ3n) is 4.52. The van der Waals surface area contributed by atoms with E-state index in [0.29, 0.717) is 6.54 Å². The molecule has 2 nitrogen and oxygen atoms in total. The number of aliphatic hydroxyl groups excluding tert-OH is 1. The summed E-state index contributed by atoms with van der Waals surface area (Å²) in [4.78, 5) is 0. The molecule has 0 radical (unpaired) electrons. The van der Waals surface area contributed by atoms with Crippen LogP contribution in [0.15, 0.2) is 42.5 Å². The second kappa shape index (κ2) is 6.42. The van der Waals surface area contributed by atoms with Gasteiger partial charge in [0.25, 0.3) is 0 Å². The van der Waals surface area contributed by atoms with E-state index in [1.807, 2.05) is 0 Å². The predicted molar refractivity (Wildman–Crippen MR) is 88.6 cm³/mol. The molecule has 0 saturated carbocycles. The maximum atomic E-state index is 10.1. The largest absolute Gasteiger partial charge is 0.395 e. The molecule has 2 rings (SSSR count). The molecule has 0 saturated heterocycles. The minimum Gasteiger partial charge on any atom is -0.395 e. The molecule has 3 N–H and O–H groups in total. The monoisotopic (exact) mass is 283 g/mol. The maximum absolute atomic E-state index is 10.1. The highest BCUT2D eigenvalue weighted by Crippen LogP contribution is 2.30. The molecule has 0 aliphatic rings. The summed E-state index contributed by atoms with van der Waals surface area (Å²) in [5.74, 6) is 0. The Morgan fingerprint density at radius 3 is 2.00 bits per heavy atom. The summed E-state index contributed by atoms with van der Waals surface area (Å²) in [6.07, 6.45) is 0.765. The lowest BCUT2D eigenvalue weighted by molar-refractivity contribution is 0.196. The second-order valence-corrected chi connectivity index (χ2v) is 6.06. The highest BCUT2D eigenvalue weighted by Gasteiger charge is 2.31. The molecule has 0 amide bonds. The zero-order valence-corrected chi connectivity index (χ0v) is 13.2. The molecule has 0 bridgehead atoms. The second-order valence-electron chi connectivity index (χ2n) is 6.06. The highest BCUT2D eigenvalue weighted by molar-refractivity contribution is 5.39. The van der Waals surface area contributed by atoms with Gasteiger partial charge in [-0.15, -0.1) is 0 Å². The molecular formula is C19H25NO. The van der Waals surface area contributed by atoms with Gasteiger partial charge in [0.15, 0.2) is 0 Å². The van der Waals surface area contributed by atoms with Crippen molar-refractivity contribution in [1.82, 2.24) is 0 Å². The summed E-state index contributed by atoms with van der Waals surface area (Å²) in [6.45, 7) is 6.80. The SMILES string of the molecule is Cc1ccc(C(CN)(CO)Cc2c(C)cccc2C)cc1. The van der Waals surface area contributed by atoms with Gasteiger partial charge in [-0.2, -0.15) is 0 Å². The molecule has 2 aromatic rings. The van der Waals surface area contributed by atoms with Crippen LogP contribution in [0.4, 0.5) is 0 Å². The molecule has 0 aromatic heterocycles. The van der Waals surface area contributed by atoms with Crippen LogP contribution < -0.4 is 5.73 Å².